The predicted molar refractivity (Wildman–Crippen MR) is 73.8 cm³/mol. The smallest absolute Gasteiger partial charge is 0.0957 e. The second kappa shape index (κ2) is 4.07. The molecule has 0 spiro atoms. The Labute approximate surface area is 103 Å². The number of hydrogen-bond donors (Lipinski definition) is 2. The number of anilines is 3. The first-order valence-electron chi connectivity index (χ1n) is 5.27. The summed E-state index contributed by atoms with van der Waals surface area (Å²) in [5, 5.41) is 8.42. The fourth-order valence-corrected chi connectivity index (χ4v) is 2.37. The van der Waals surface area contributed by atoms with Crippen molar-refractivity contribution in [3.63, 3.8) is 0 Å². The van der Waals surface area contributed by atoms with Crippen molar-refractivity contribution in [1.82, 2.24) is 4.98 Å². The molecule has 17 heavy (non-hydrogen) atoms. The van der Waals surface area contributed by atoms with E-state index in [1.165, 1.54) is 0 Å². The fourth-order valence-electron chi connectivity index (χ4n) is 1.79. The van der Waals surface area contributed by atoms with Crippen molar-refractivity contribution in [2.24, 2.45) is 0 Å². The van der Waals surface area contributed by atoms with Crippen molar-refractivity contribution >= 4 is 39.3 Å². The van der Waals surface area contributed by atoms with Gasteiger partial charge in [0.15, 0.2) is 0 Å². The first-order valence-corrected chi connectivity index (χ1v) is 6.21. The number of rotatable bonds is 2. The zero-order chi connectivity index (χ0) is 11.7. The van der Waals surface area contributed by atoms with Gasteiger partial charge in [-0.2, -0.15) is 11.3 Å². The number of thiophene rings is 1. The molecule has 2 aromatic heterocycles. The van der Waals surface area contributed by atoms with Gasteiger partial charge in [-0.25, -0.2) is 0 Å². The molecule has 0 aliphatic heterocycles. The summed E-state index contributed by atoms with van der Waals surface area (Å²) in [7, 11) is 0. The summed E-state index contributed by atoms with van der Waals surface area (Å²) in [6, 6.07) is 9.78. The number of benzene rings is 1. The number of aromatic nitrogens is 1. The van der Waals surface area contributed by atoms with Gasteiger partial charge in [-0.15, -0.1) is 0 Å². The molecule has 0 fully saturated rings. The molecule has 0 radical (unpaired) electrons. The largest absolute Gasteiger partial charge is 0.398 e. The molecule has 3 nitrogen and oxygen atoms in total. The first-order chi connectivity index (χ1) is 8.34. The Hall–Kier alpha value is -2.07. The number of hydrogen-bond acceptors (Lipinski definition) is 4. The maximum Gasteiger partial charge on any atom is 0.0957 e. The zero-order valence-electron chi connectivity index (χ0n) is 9.05. The molecule has 0 bridgehead atoms. The van der Waals surface area contributed by atoms with Crippen LogP contribution >= 0.6 is 11.3 Å². The van der Waals surface area contributed by atoms with Crippen LogP contribution in [-0.2, 0) is 0 Å². The predicted octanol–water partition coefficient (Wildman–Crippen LogP) is 3.62. The third-order valence-electron chi connectivity index (χ3n) is 2.60. The average Bonchev–Trinajstić information content (AvgIpc) is 2.86. The molecule has 0 aliphatic carbocycles. The van der Waals surface area contributed by atoms with Gasteiger partial charge in [-0.05, 0) is 35.7 Å². The van der Waals surface area contributed by atoms with Crippen LogP contribution in [0.1, 0.15) is 0 Å². The van der Waals surface area contributed by atoms with Gasteiger partial charge < -0.3 is 11.1 Å². The zero-order valence-corrected chi connectivity index (χ0v) is 9.87. The van der Waals surface area contributed by atoms with Crippen LogP contribution in [0.5, 0.6) is 0 Å². The van der Waals surface area contributed by atoms with E-state index in [9.17, 15) is 0 Å². The van der Waals surface area contributed by atoms with E-state index in [4.69, 9.17) is 5.73 Å². The molecule has 0 amide bonds. The molecule has 1 aromatic carbocycles. The van der Waals surface area contributed by atoms with Gasteiger partial charge in [0.25, 0.3) is 0 Å². The molecule has 84 valence electrons. The van der Waals surface area contributed by atoms with Crippen molar-refractivity contribution < 1.29 is 0 Å². The van der Waals surface area contributed by atoms with Gasteiger partial charge in [-0.3, -0.25) is 4.98 Å². The Kier molecular flexibility index (Phi) is 2.42. The summed E-state index contributed by atoms with van der Waals surface area (Å²) in [6.45, 7) is 0. The lowest BCUT2D eigenvalue weighted by Gasteiger charge is -2.09. The van der Waals surface area contributed by atoms with Crippen LogP contribution in [0, 0.1) is 0 Å². The van der Waals surface area contributed by atoms with E-state index in [0.29, 0.717) is 0 Å². The summed E-state index contributed by atoms with van der Waals surface area (Å²) in [6.07, 6.45) is 1.78. The third-order valence-corrected chi connectivity index (χ3v) is 3.29. The average molecular weight is 241 g/mol. The minimum atomic E-state index is 0.754. The van der Waals surface area contributed by atoms with Gasteiger partial charge >= 0.3 is 0 Å². The second-order valence-corrected chi connectivity index (χ2v) is 4.52. The van der Waals surface area contributed by atoms with Crippen LogP contribution in [0.4, 0.5) is 17.1 Å². The highest BCUT2D eigenvalue weighted by Crippen LogP contribution is 2.29. The van der Waals surface area contributed by atoms with Crippen LogP contribution in [0.25, 0.3) is 10.9 Å². The molecule has 2 heterocycles. The minimum Gasteiger partial charge on any atom is -0.398 e. The number of nitrogens with one attached hydrogen (secondary N) is 1. The Morgan fingerprint density at radius 3 is 2.94 bits per heavy atom. The van der Waals surface area contributed by atoms with Crippen LogP contribution in [-0.4, -0.2) is 4.98 Å². The SMILES string of the molecule is Nc1ccc(Nc2ccsc2)c2ncccc12. The highest BCUT2D eigenvalue weighted by molar-refractivity contribution is 7.08. The molecule has 0 unspecified atom stereocenters. The standard InChI is InChI=1S/C13H11N3S/c14-11-3-4-12(16-9-5-7-17-8-9)13-10(11)2-1-6-15-13/h1-8,16H,14H2. The monoisotopic (exact) mass is 241 g/mol. The molecule has 0 aliphatic rings. The molecule has 3 N–H and O–H groups in total. The maximum atomic E-state index is 5.93. The number of nitrogen functional groups attached to an aromatic ring is 1. The van der Waals surface area contributed by atoms with Crippen molar-refractivity contribution in [1.29, 1.82) is 0 Å². The molecule has 0 saturated carbocycles. The number of nitrogens with two attached hydrogens (primary N) is 1. The van der Waals surface area contributed by atoms with Crippen molar-refractivity contribution in [3.05, 3.63) is 47.3 Å². The third kappa shape index (κ3) is 1.83. The minimum absolute atomic E-state index is 0.754. The lowest BCUT2D eigenvalue weighted by molar-refractivity contribution is 1.41. The summed E-state index contributed by atoms with van der Waals surface area (Å²) in [5.74, 6) is 0. The first kappa shape index (κ1) is 10.1. The van der Waals surface area contributed by atoms with Crippen LogP contribution < -0.4 is 11.1 Å². The van der Waals surface area contributed by atoms with E-state index in [-0.39, 0.29) is 0 Å². The molecule has 0 saturated heterocycles. The second-order valence-electron chi connectivity index (χ2n) is 3.74. The van der Waals surface area contributed by atoms with E-state index in [1.54, 1.807) is 17.5 Å². The molecular formula is C13H11N3S. The number of nitrogens with zero attached hydrogens (tertiary/aromatic N) is 1. The van der Waals surface area contributed by atoms with Crippen LogP contribution in [0.15, 0.2) is 47.3 Å². The van der Waals surface area contributed by atoms with Crippen molar-refractivity contribution in [2.45, 2.75) is 0 Å². The van der Waals surface area contributed by atoms with Crippen LogP contribution in [0.3, 0.4) is 0 Å². The van der Waals surface area contributed by atoms with Crippen LogP contribution in [0.2, 0.25) is 0 Å². The molecular weight excluding hydrogens is 230 g/mol. The summed E-state index contributed by atoms with van der Waals surface area (Å²) < 4.78 is 0. The lowest BCUT2D eigenvalue weighted by Crippen LogP contribution is -1.94. The molecule has 0 atom stereocenters. The quantitative estimate of drug-likeness (QED) is 0.674. The van der Waals surface area contributed by atoms with Gasteiger partial charge in [0, 0.05) is 28.3 Å². The Balaban J connectivity index is 2.14. The fraction of sp³-hybridized carbons (Fsp3) is 0. The van der Waals surface area contributed by atoms with Gasteiger partial charge in [0.2, 0.25) is 0 Å². The van der Waals surface area contributed by atoms with Crippen molar-refractivity contribution in [3.8, 4) is 0 Å². The Morgan fingerprint density at radius 2 is 2.12 bits per heavy atom. The normalized spacial score (nSPS) is 10.6. The van der Waals surface area contributed by atoms with Gasteiger partial charge in [0.05, 0.1) is 11.2 Å². The van der Waals surface area contributed by atoms with E-state index in [2.05, 4.69) is 15.7 Å². The number of fused-ring (bicyclic) bond motifs is 1. The highest BCUT2D eigenvalue weighted by Gasteiger charge is 2.05. The Morgan fingerprint density at radius 1 is 1.18 bits per heavy atom. The maximum absolute atomic E-state index is 5.93. The van der Waals surface area contributed by atoms with Crippen molar-refractivity contribution in [2.75, 3.05) is 11.1 Å². The van der Waals surface area contributed by atoms with E-state index in [1.807, 2.05) is 35.7 Å². The summed E-state index contributed by atoms with van der Waals surface area (Å²) in [5.41, 5.74) is 9.64. The van der Waals surface area contributed by atoms with Gasteiger partial charge in [-0.1, -0.05) is 0 Å². The Bertz CT molecular complexity index is 647. The molecule has 3 aromatic rings. The highest BCUT2D eigenvalue weighted by atomic mass is 32.1. The summed E-state index contributed by atoms with van der Waals surface area (Å²) >= 11 is 1.66. The molecule has 3 rings (SSSR count). The number of pyridine rings is 1. The van der Waals surface area contributed by atoms with Gasteiger partial charge in [0.1, 0.15) is 0 Å². The van der Waals surface area contributed by atoms with E-state index < -0.39 is 0 Å². The lowest BCUT2D eigenvalue weighted by atomic mass is 10.1. The summed E-state index contributed by atoms with van der Waals surface area (Å²) in [4.78, 5) is 4.38. The molecule has 4 heteroatoms. The van der Waals surface area contributed by atoms with E-state index in [0.717, 1.165) is 28.0 Å². The van der Waals surface area contributed by atoms with E-state index >= 15 is 0 Å². The topological polar surface area (TPSA) is 50.9 Å².